The van der Waals surface area contributed by atoms with Crippen molar-refractivity contribution in [1.29, 1.82) is 0 Å². The first kappa shape index (κ1) is 15.5. The van der Waals surface area contributed by atoms with Crippen molar-refractivity contribution in [3.63, 3.8) is 0 Å². The second kappa shape index (κ2) is 6.82. The van der Waals surface area contributed by atoms with E-state index in [0.29, 0.717) is 5.56 Å². The maximum atomic E-state index is 12.3. The third kappa shape index (κ3) is 3.35. The largest absolute Gasteiger partial charge is 0.336 e. The fraction of sp³-hybridized carbons (Fsp3) is 0.765. The number of carbonyl (C=O) groups is 1. The quantitative estimate of drug-likeness (QED) is 0.933. The molecule has 0 spiro atoms. The fourth-order valence-electron chi connectivity index (χ4n) is 3.97. The third-order valence-corrected chi connectivity index (χ3v) is 5.55. The van der Waals surface area contributed by atoms with Gasteiger partial charge < -0.3 is 4.90 Å². The highest BCUT2D eigenvalue weighted by Crippen LogP contribution is 2.32. The summed E-state index contributed by atoms with van der Waals surface area (Å²) in [5.41, 5.74) is 0.672. The average molecular weight is 304 g/mol. The van der Waals surface area contributed by atoms with Gasteiger partial charge in [0.1, 0.15) is 0 Å². The number of hydrogen-bond acceptors (Lipinski definition) is 3. The molecule has 1 saturated heterocycles. The number of aromatic nitrogens is 2. The summed E-state index contributed by atoms with van der Waals surface area (Å²) in [4.78, 5) is 16.9. The Labute approximate surface area is 133 Å². The Morgan fingerprint density at radius 3 is 2.41 bits per heavy atom. The van der Waals surface area contributed by atoms with Gasteiger partial charge in [0.25, 0.3) is 5.91 Å². The van der Waals surface area contributed by atoms with Crippen LogP contribution >= 0.6 is 0 Å². The molecule has 0 bridgehead atoms. The van der Waals surface area contributed by atoms with Crippen LogP contribution < -0.4 is 0 Å². The molecule has 2 heterocycles. The lowest BCUT2D eigenvalue weighted by Gasteiger charge is -2.42. The van der Waals surface area contributed by atoms with E-state index in [0.717, 1.165) is 44.1 Å². The van der Waals surface area contributed by atoms with Gasteiger partial charge in [0.15, 0.2) is 0 Å². The number of hydrogen-bond donors (Lipinski definition) is 1. The number of amides is 1. The molecule has 0 unspecified atom stereocenters. The molecular weight excluding hydrogens is 276 g/mol. The molecule has 1 saturated carbocycles. The van der Waals surface area contributed by atoms with Crippen LogP contribution in [-0.2, 0) is 0 Å². The van der Waals surface area contributed by atoms with Crippen LogP contribution in [0.4, 0.5) is 0 Å². The monoisotopic (exact) mass is 304 g/mol. The molecule has 2 fully saturated rings. The van der Waals surface area contributed by atoms with Crippen LogP contribution in [0.2, 0.25) is 0 Å². The standard InChI is InChI=1S/C17H28N4O/c1-13(2)14-3-5-16(6-4-14)20-7-9-21(10-8-20)17(22)15-11-18-19-12-15/h11-14,16H,3-10H2,1-2H3,(H,18,19). The molecule has 1 N–H and O–H groups in total. The van der Waals surface area contributed by atoms with Gasteiger partial charge in [-0.15, -0.1) is 0 Å². The number of nitrogens with zero attached hydrogens (tertiary/aromatic N) is 3. The summed E-state index contributed by atoms with van der Waals surface area (Å²) in [7, 11) is 0. The van der Waals surface area contributed by atoms with Crippen molar-refractivity contribution in [2.45, 2.75) is 45.6 Å². The van der Waals surface area contributed by atoms with E-state index >= 15 is 0 Å². The SMILES string of the molecule is CC(C)C1CCC(N2CCN(C(=O)c3cn[nH]c3)CC2)CC1. The summed E-state index contributed by atoms with van der Waals surface area (Å²) >= 11 is 0. The number of carbonyl (C=O) groups excluding carboxylic acids is 1. The van der Waals surface area contributed by atoms with Gasteiger partial charge in [-0.2, -0.15) is 5.10 Å². The van der Waals surface area contributed by atoms with Gasteiger partial charge in [0.2, 0.25) is 0 Å². The minimum atomic E-state index is 0.108. The predicted molar refractivity (Wildman–Crippen MR) is 86.6 cm³/mol. The number of piperazine rings is 1. The maximum Gasteiger partial charge on any atom is 0.257 e. The van der Waals surface area contributed by atoms with Gasteiger partial charge in [-0.05, 0) is 37.5 Å². The summed E-state index contributed by atoms with van der Waals surface area (Å²) in [6.45, 7) is 8.42. The lowest BCUT2D eigenvalue weighted by atomic mass is 9.79. The van der Waals surface area contributed by atoms with Crippen molar-refractivity contribution >= 4 is 5.91 Å². The van der Waals surface area contributed by atoms with E-state index in [1.165, 1.54) is 25.7 Å². The Balaban J connectivity index is 1.47. The highest BCUT2D eigenvalue weighted by atomic mass is 16.2. The number of rotatable bonds is 3. The van der Waals surface area contributed by atoms with E-state index < -0.39 is 0 Å². The zero-order valence-corrected chi connectivity index (χ0v) is 13.8. The Kier molecular flexibility index (Phi) is 4.81. The van der Waals surface area contributed by atoms with Crippen molar-refractivity contribution in [2.24, 2.45) is 11.8 Å². The minimum Gasteiger partial charge on any atom is -0.336 e. The summed E-state index contributed by atoms with van der Waals surface area (Å²) in [6, 6.07) is 0.737. The molecule has 122 valence electrons. The fourth-order valence-corrected chi connectivity index (χ4v) is 3.97. The first-order chi connectivity index (χ1) is 10.6. The molecule has 0 aromatic carbocycles. The van der Waals surface area contributed by atoms with E-state index in [2.05, 4.69) is 28.9 Å². The molecule has 0 atom stereocenters. The molecular formula is C17H28N4O. The van der Waals surface area contributed by atoms with Gasteiger partial charge in [-0.3, -0.25) is 14.8 Å². The summed E-state index contributed by atoms with van der Waals surface area (Å²) in [6.07, 6.45) is 8.70. The van der Waals surface area contributed by atoms with Crippen LogP contribution in [0.25, 0.3) is 0 Å². The van der Waals surface area contributed by atoms with Crippen molar-refractivity contribution in [3.8, 4) is 0 Å². The molecule has 3 rings (SSSR count). The first-order valence-electron chi connectivity index (χ1n) is 8.67. The predicted octanol–water partition coefficient (Wildman–Crippen LogP) is 2.38. The molecule has 1 aliphatic carbocycles. The number of H-pyrrole nitrogens is 1. The Hall–Kier alpha value is -1.36. The molecule has 1 aromatic heterocycles. The highest BCUT2D eigenvalue weighted by molar-refractivity contribution is 5.93. The summed E-state index contributed by atoms with van der Waals surface area (Å²) in [5, 5.41) is 6.58. The normalized spacial score (nSPS) is 27.3. The Morgan fingerprint density at radius 2 is 1.86 bits per heavy atom. The van der Waals surface area contributed by atoms with Gasteiger partial charge >= 0.3 is 0 Å². The van der Waals surface area contributed by atoms with Crippen LogP contribution in [0.3, 0.4) is 0 Å². The molecule has 1 amide bonds. The maximum absolute atomic E-state index is 12.3. The van der Waals surface area contributed by atoms with E-state index in [1.54, 1.807) is 12.4 Å². The van der Waals surface area contributed by atoms with Gasteiger partial charge in [0, 0.05) is 38.4 Å². The minimum absolute atomic E-state index is 0.108. The summed E-state index contributed by atoms with van der Waals surface area (Å²) in [5.74, 6) is 1.85. The molecule has 1 aromatic rings. The van der Waals surface area contributed by atoms with Gasteiger partial charge in [-0.25, -0.2) is 0 Å². The second-order valence-corrected chi connectivity index (χ2v) is 7.13. The lowest BCUT2D eigenvalue weighted by Crippen LogP contribution is -2.52. The van der Waals surface area contributed by atoms with Crippen molar-refractivity contribution in [3.05, 3.63) is 18.0 Å². The van der Waals surface area contributed by atoms with Crippen molar-refractivity contribution < 1.29 is 4.79 Å². The second-order valence-electron chi connectivity index (χ2n) is 7.13. The van der Waals surface area contributed by atoms with E-state index in [9.17, 15) is 4.79 Å². The molecule has 22 heavy (non-hydrogen) atoms. The van der Waals surface area contributed by atoms with Crippen LogP contribution in [0.1, 0.15) is 49.9 Å². The molecule has 5 nitrogen and oxygen atoms in total. The van der Waals surface area contributed by atoms with Crippen LogP contribution in [0, 0.1) is 11.8 Å². The molecule has 5 heteroatoms. The van der Waals surface area contributed by atoms with Crippen LogP contribution in [0.15, 0.2) is 12.4 Å². The van der Waals surface area contributed by atoms with E-state index in [4.69, 9.17) is 0 Å². The van der Waals surface area contributed by atoms with Crippen molar-refractivity contribution in [1.82, 2.24) is 20.0 Å². The lowest BCUT2D eigenvalue weighted by molar-refractivity contribution is 0.0478. The van der Waals surface area contributed by atoms with Gasteiger partial charge in [0.05, 0.1) is 11.8 Å². The molecule has 2 aliphatic rings. The smallest absolute Gasteiger partial charge is 0.257 e. The van der Waals surface area contributed by atoms with Gasteiger partial charge in [-0.1, -0.05) is 13.8 Å². The Bertz CT molecular complexity index is 469. The first-order valence-corrected chi connectivity index (χ1v) is 8.67. The van der Waals surface area contributed by atoms with E-state index in [1.807, 2.05) is 4.90 Å². The summed E-state index contributed by atoms with van der Waals surface area (Å²) < 4.78 is 0. The Morgan fingerprint density at radius 1 is 1.18 bits per heavy atom. The average Bonchev–Trinajstić information content (AvgIpc) is 3.09. The molecule has 1 aliphatic heterocycles. The highest BCUT2D eigenvalue weighted by Gasteiger charge is 2.30. The van der Waals surface area contributed by atoms with Crippen molar-refractivity contribution in [2.75, 3.05) is 26.2 Å². The molecule has 0 radical (unpaired) electrons. The zero-order chi connectivity index (χ0) is 15.5. The topological polar surface area (TPSA) is 52.2 Å². The zero-order valence-electron chi connectivity index (χ0n) is 13.8. The van der Waals surface area contributed by atoms with Crippen LogP contribution in [-0.4, -0.2) is 58.1 Å². The number of nitrogens with one attached hydrogen (secondary N) is 1. The number of aromatic amines is 1. The van der Waals surface area contributed by atoms with E-state index in [-0.39, 0.29) is 5.91 Å². The third-order valence-electron chi connectivity index (χ3n) is 5.55. The van der Waals surface area contributed by atoms with Crippen LogP contribution in [0.5, 0.6) is 0 Å².